The number of likely N-dealkylation sites (N-methyl/N-ethyl adjacent to an activating group) is 1. The lowest BCUT2D eigenvalue weighted by Gasteiger charge is -2.33. The van der Waals surface area contributed by atoms with E-state index < -0.39 is 0 Å². The minimum Gasteiger partial charge on any atom is -0.487 e. The zero-order valence-electron chi connectivity index (χ0n) is 20.1. The Bertz CT molecular complexity index is 1310. The first-order valence-corrected chi connectivity index (χ1v) is 11.9. The van der Waals surface area contributed by atoms with E-state index in [1.54, 1.807) is 12.1 Å². The number of nitrogens with zero attached hydrogens (tertiary/aromatic N) is 5. The summed E-state index contributed by atoms with van der Waals surface area (Å²) in [5.41, 5.74) is 4.40. The molecule has 0 radical (unpaired) electrons. The number of nitrogens with one attached hydrogen (secondary N) is 1. The van der Waals surface area contributed by atoms with E-state index in [9.17, 15) is 4.79 Å². The maximum Gasteiger partial charge on any atom is 0.251 e. The Hall–Kier alpha value is -3.91. The maximum atomic E-state index is 12.7. The van der Waals surface area contributed by atoms with Gasteiger partial charge in [-0.15, -0.1) is 0 Å². The van der Waals surface area contributed by atoms with Crippen molar-refractivity contribution in [3.63, 3.8) is 0 Å². The highest BCUT2D eigenvalue weighted by atomic mass is 16.5. The molecule has 1 saturated heterocycles. The number of hydrogen-bond acceptors (Lipinski definition) is 6. The van der Waals surface area contributed by atoms with Crippen molar-refractivity contribution in [2.24, 2.45) is 0 Å². The van der Waals surface area contributed by atoms with Crippen LogP contribution in [0.1, 0.15) is 27.2 Å². The van der Waals surface area contributed by atoms with E-state index >= 15 is 0 Å². The van der Waals surface area contributed by atoms with Gasteiger partial charge in [0.1, 0.15) is 23.8 Å². The lowest BCUT2D eigenvalue weighted by Crippen LogP contribution is -2.44. The molecule has 3 aromatic heterocycles. The normalized spacial score (nSPS) is 14.3. The molecule has 35 heavy (non-hydrogen) atoms. The van der Waals surface area contributed by atoms with E-state index in [1.807, 2.05) is 66.3 Å². The van der Waals surface area contributed by atoms with Crippen LogP contribution < -0.4 is 15.0 Å². The summed E-state index contributed by atoms with van der Waals surface area (Å²) in [5, 5.41) is 2.97. The molecule has 0 saturated carbocycles. The van der Waals surface area contributed by atoms with Crippen LogP contribution in [-0.2, 0) is 13.2 Å². The summed E-state index contributed by atoms with van der Waals surface area (Å²) in [6.45, 7) is 6.84. The van der Waals surface area contributed by atoms with Gasteiger partial charge in [0.2, 0.25) is 0 Å². The highest BCUT2D eigenvalue weighted by molar-refractivity contribution is 5.94. The number of amides is 1. The molecule has 1 aliphatic heterocycles. The smallest absolute Gasteiger partial charge is 0.251 e. The molecular formula is C27H30N6O2. The molecule has 0 atom stereocenters. The largest absolute Gasteiger partial charge is 0.487 e. The summed E-state index contributed by atoms with van der Waals surface area (Å²) in [4.78, 5) is 26.5. The number of carbonyl (C=O) groups excluding carboxylic acids is 1. The standard InChI is InChI=1S/C27H30N6O2/c1-20-6-8-26-30-23(18-33(26)17-20)19-35-24-5-3-4-22(14-24)27(34)29-16-21-7-9-25(28-15-21)32-12-10-31(2)11-13-32/h3-9,14-15,17-18H,10-13,16,19H2,1-2H3,(H,29,34). The second kappa shape index (κ2) is 10.1. The SMILES string of the molecule is Cc1ccc2nc(COc3cccc(C(=O)NCc4ccc(N5CCN(C)CC5)nc4)c3)cn2c1. The molecule has 4 aromatic rings. The molecule has 8 nitrogen and oxygen atoms in total. The second-order valence-corrected chi connectivity index (χ2v) is 9.02. The van der Waals surface area contributed by atoms with Gasteiger partial charge in [-0.25, -0.2) is 9.97 Å². The van der Waals surface area contributed by atoms with Crippen molar-refractivity contribution in [1.82, 2.24) is 24.6 Å². The predicted molar refractivity (Wildman–Crippen MR) is 136 cm³/mol. The van der Waals surface area contributed by atoms with E-state index in [2.05, 4.69) is 32.1 Å². The number of piperazine rings is 1. The van der Waals surface area contributed by atoms with Gasteiger partial charge in [-0.2, -0.15) is 0 Å². The summed E-state index contributed by atoms with van der Waals surface area (Å²) in [7, 11) is 2.14. The Balaban J connectivity index is 1.15. The number of fused-ring (bicyclic) bond motifs is 1. The minimum absolute atomic E-state index is 0.151. The molecule has 5 rings (SSSR count). The first-order chi connectivity index (χ1) is 17.0. The Morgan fingerprint density at radius 1 is 1.06 bits per heavy atom. The Labute approximate surface area is 205 Å². The van der Waals surface area contributed by atoms with Gasteiger partial charge in [0.15, 0.2) is 0 Å². The van der Waals surface area contributed by atoms with Gasteiger partial charge in [-0.3, -0.25) is 4.79 Å². The summed E-state index contributed by atoms with van der Waals surface area (Å²) in [5.74, 6) is 1.46. The summed E-state index contributed by atoms with van der Waals surface area (Å²) in [6, 6.07) is 15.3. The number of imidazole rings is 1. The third-order valence-electron chi connectivity index (χ3n) is 6.22. The fourth-order valence-corrected chi connectivity index (χ4v) is 4.14. The minimum atomic E-state index is -0.151. The average Bonchev–Trinajstić information content (AvgIpc) is 3.29. The van der Waals surface area contributed by atoms with E-state index in [-0.39, 0.29) is 5.91 Å². The molecule has 4 heterocycles. The maximum absolute atomic E-state index is 12.7. The Kier molecular flexibility index (Phi) is 6.63. The van der Waals surface area contributed by atoms with Gasteiger partial charge in [-0.1, -0.05) is 18.2 Å². The average molecular weight is 471 g/mol. The van der Waals surface area contributed by atoms with Gasteiger partial charge in [-0.05, 0) is 55.4 Å². The van der Waals surface area contributed by atoms with Crippen LogP contribution in [0.2, 0.25) is 0 Å². The molecule has 0 spiro atoms. The number of carbonyl (C=O) groups is 1. The summed E-state index contributed by atoms with van der Waals surface area (Å²) >= 11 is 0. The van der Waals surface area contributed by atoms with Gasteiger partial charge < -0.3 is 24.3 Å². The van der Waals surface area contributed by atoms with Crippen LogP contribution >= 0.6 is 0 Å². The molecule has 1 aromatic carbocycles. The van der Waals surface area contributed by atoms with Crippen LogP contribution in [0.15, 0.2) is 67.1 Å². The van der Waals surface area contributed by atoms with Gasteiger partial charge in [0.05, 0.1) is 5.69 Å². The van der Waals surface area contributed by atoms with E-state index in [1.165, 1.54) is 5.56 Å². The Morgan fingerprint density at radius 2 is 1.91 bits per heavy atom. The molecule has 1 aliphatic rings. The van der Waals surface area contributed by atoms with Gasteiger partial charge in [0.25, 0.3) is 5.91 Å². The number of pyridine rings is 2. The molecule has 1 amide bonds. The van der Waals surface area contributed by atoms with Crippen LogP contribution in [0.4, 0.5) is 5.82 Å². The highest BCUT2D eigenvalue weighted by Crippen LogP contribution is 2.17. The fraction of sp³-hybridized carbons (Fsp3) is 0.296. The zero-order chi connectivity index (χ0) is 24.2. The zero-order valence-corrected chi connectivity index (χ0v) is 20.1. The third-order valence-corrected chi connectivity index (χ3v) is 6.22. The van der Waals surface area contributed by atoms with Crippen LogP contribution in [0.3, 0.4) is 0 Å². The lowest BCUT2D eigenvalue weighted by molar-refractivity contribution is 0.0950. The first kappa shape index (κ1) is 22.9. The number of hydrogen-bond donors (Lipinski definition) is 1. The van der Waals surface area contributed by atoms with Crippen molar-refractivity contribution in [3.05, 3.63) is 89.5 Å². The van der Waals surface area contributed by atoms with Crippen LogP contribution in [0.5, 0.6) is 5.75 Å². The van der Waals surface area contributed by atoms with E-state index in [0.717, 1.165) is 48.9 Å². The van der Waals surface area contributed by atoms with Crippen LogP contribution in [-0.4, -0.2) is 58.4 Å². The van der Waals surface area contributed by atoms with E-state index in [0.29, 0.717) is 24.5 Å². The lowest BCUT2D eigenvalue weighted by atomic mass is 10.2. The Morgan fingerprint density at radius 3 is 2.71 bits per heavy atom. The van der Waals surface area contributed by atoms with Crippen molar-refractivity contribution in [1.29, 1.82) is 0 Å². The first-order valence-electron chi connectivity index (χ1n) is 11.9. The molecule has 180 valence electrons. The molecule has 0 bridgehead atoms. The van der Waals surface area contributed by atoms with Crippen LogP contribution in [0, 0.1) is 6.92 Å². The molecule has 1 fully saturated rings. The summed E-state index contributed by atoms with van der Waals surface area (Å²) < 4.78 is 7.90. The summed E-state index contributed by atoms with van der Waals surface area (Å²) in [6.07, 6.45) is 5.83. The van der Waals surface area contributed by atoms with Crippen molar-refractivity contribution in [2.75, 3.05) is 38.1 Å². The molecular weight excluding hydrogens is 440 g/mol. The van der Waals surface area contributed by atoms with Crippen molar-refractivity contribution in [3.8, 4) is 5.75 Å². The van der Waals surface area contributed by atoms with Crippen molar-refractivity contribution >= 4 is 17.4 Å². The highest BCUT2D eigenvalue weighted by Gasteiger charge is 2.15. The quantitative estimate of drug-likeness (QED) is 0.447. The number of benzene rings is 1. The predicted octanol–water partition coefficient (Wildman–Crippen LogP) is 3.30. The molecule has 1 N–H and O–H groups in total. The van der Waals surface area contributed by atoms with E-state index in [4.69, 9.17) is 4.74 Å². The molecule has 0 unspecified atom stereocenters. The van der Waals surface area contributed by atoms with Gasteiger partial charge >= 0.3 is 0 Å². The number of aromatic nitrogens is 3. The van der Waals surface area contributed by atoms with Crippen molar-refractivity contribution < 1.29 is 9.53 Å². The number of aryl methyl sites for hydroxylation is 1. The van der Waals surface area contributed by atoms with Crippen LogP contribution in [0.25, 0.3) is 5.65 Å². The molecule has 0 aliphatic carbocycles. The van der Waals surface area contributed by atoms with Gasteiger partial charge in [0, 0.05) is 56.9 Å². The number of rotatable bonds is 7. The number of ether oxygens (including phenoxy) is 1. The topological polar surface area (TPSA) is 75.0 Å². The molecule has 8 heteroatoms. The van der Waals surface area contributed by atoms with Crippen molar-refractivity contribution in [2.45, 2.75) is 20.1 Å². The monoisotopic (exact) mass is 470 g/mol. The fourth-order valence-electron chi connectivity index (χ4n) is 4.14. The second-order valence-electron chi connectivity index (χ2n) is 9.02. The third kappa shape index (κ3) is 5.60. The number of anilines is 1.